The van der Waals surface area contributed by atoms with Crippen LogP contribution >= 0.6 is 11.3 Å². The molecule has 1 aromatic rings. The Morgan fingerprint density at radius 3 is 2.95 bits per heavy atom. The highest BCUT2D eigenvalue weighted by atomic mass is 32.1. The highest BCUT2D eigenvalue weighted by molar-refractivity contribution is 7.09. The number of hydrogen-bond donors (Lipinski definition) is 2. The predicted octanol–water partition coefficient (Wildman–Crippen LogP) is 1.11. The van der Waals surface area contributed by atoms with Crippen LogP contribution in [-0.4, -0.2) is 47.5 Å². The number of rotatable bonds is 4. The number of hydrogen-bond acceptors (Lipinski definition) is 5. The first-order valence-electron chi connectivity index (χ1n) is 6.50. The van der Waals surface area contributed by atoms with Crippen LogP contribution in [-0.2, 0) is 16.1 Å². The molecule has 1 fully saturated rings. The molecule has 1 unspecified atom stereocenters. The van der Waals surface area contributed by atoms with E-state index in [2.05, 4.69) is 20.6 Å². The molecule has 2 rings (SSSR count). The average Bonchev–Trinajstić information content (AvgIpc) is 3.00. The maximum atomic E-state index is 11.3. The van der Waals surface area contributed by atoms with Crippen molar-refractivity contribution >= 4 is 23.7 Å². The van der Waals surface area contributed by atoms with E-state index in [-0.39, 0.29) is 12.4 Å². The molecule has 0 aromatic carbocycles. The molecule has 1 aliphatic rings. The third-order valence-corrected chi connectivity index (χ3v) is 4.10. The molecule has 0 saturated carbocycles. The van der Waals surface area contributed by atoms with E-state index < -0.39 is 0 Å². The molecule has 20 heavy (non-hydrogen) atoms. The number of thiazole rings is 1. The Hall–Kier alpha value is -1.47. The van der Waals surface area contributed by atoms with E-state index in [4.69, 9.17) is 9.90 Å². The largest absolute Gasteiger partial charge is 0.483 e. The van der Waals surface area contributed by atoms with Crippen LogP contribution in [0.4, 0.5) is 0 Å². The molecule has 6 nitrogen and oxygen atoms in total. The van der Waals surface area contributed by atoms with Crippen LogP contribution in [0.3, 0.4) is 0 Å². The van der Waals surface area contributed by atoms with Crippen LogP contribution in [0.5, 0.6) is 0 Å². The number of carbonyl (C=O) groups is 2. The summed E-state index contributed by atoms with van der Waals surface area (Å²) in [6.45, 7) is 4.81. The van der Waals surface area contributed by atoms with Gasteiger partial charge in [0.15, 0.2) is 0 Å². The van der Waals surface area contributed by atoms with Crippen molar-refractivity contribution in [3.8, 4) is 0 Å². The zero-order chi connectivity index (χ0) is 15.0. The summed E-state index contributed by atoms with van der Waals surface area (Å²) in [5, 5.41) is 12.9. The predicted molar refractivity (Wildman–Crippen MR) is 77.6 cm³/mol. The van der Waals surface area contributed by atoms with Crippen LogP contribution in [0.2, 0.25) is 0 Å². The summed E-state index contributed by atoms with van der Waals surface area (Å²) in [5.41, 5.74) is 1.10. The Bertz CT molecular complexity index is 436. The number of carbonyl (C=O) groups excluding carboxylic acids is 1. The van der Waals surface area contributed by atoms with E-state index in [0.717, 1.165) is 31.7 Å². The van der Waals surface area contributed by atoms with Crippen molar-refractivity contribution < 1.29 is 14.7 Å². The second-order valence-electron chi connectivity index (χ2n) is 4.76. The van der Waals surface area contributed by atoms with Gasteiger partial charge in [0, 0.05) is 31.1 Å². The fraction of sp³-hybridized carbons (Fsp3) is 0.615. The molecule has 1 aliphatic heterocycles. The summed E-state index contributed by atoms with van der Waals surface area (Å²) in [7, 11) is 1.70. The van der Waals surface area contributed by atoms with E-state index in [9.17, 15) is 4.79 Å². The number of amides is 1. The van der Waals surface area contributed by atoms with Gasteiger partial charge in [-0.15, -0.1) is 11.3 Å². The second kappa shape index (κ2) is 8.65. The van der Waals surface area contributed by atoms with Crippen molar-refractivity contribution in [1.29, 1.82) is 0 Å². The summed E-state index contributed by atoms with van der Waals surface area (Å²) in [5.74, 6) is 0.665. The first kappa shape index (κ1) is 16.6. The molecule has 0 radical (unpaired) electrons. The molecule has 0 bridgehead atoms. The average molecular weight is 299 g/mol. The van der Waals surface area contributed by atoms with Gasteiger partial charge in [0.05, 0.1) is 6.54 Å². The Labute approximate surface area is 122 Å². The maximum Gasteiger partial charge on any atom is 0.290 e. The molecular formula is C13H21N3O3S. The Balaban J connectivity index is 0.000000612. The molecule has 1 aromatic heterocycles. The summed E-state index contributed by atoms with van der Waals surface area (Å²) in [6, 6.07) is 0. The first-order valence-corrected chi connectivity index (χ1v) is 7.38. The van der Waals surface area contributed by atoms with Gasteiger partial charge in [-0.2, -0.15) is 0 Å². The minimum atomic E-state index is -0.250. The molecule has 2 heterocycles. The smallest absolute Gasteiger partial charge is 0.290 e. The van der Waals surface area contributed by atoms with Crippen LogP contribution in [0.25, 0.3) is 0 Å². The van der Waals surface area contributed by atoms with E-state index in [1.54, 1.807) is 18.4 Å². The normalized spacial score (nSPS) is 18.2. The second-order valence-corrected chi connectivity index (χ2v) is 5.70. The van der Waals surface area contributed by atoms with Crippen LogP contribution in [0.15, 0.2) is 5.38 Å². The van der Waals surface area contributed by atoms with Gasteiger partial charge in [0.25, 0.3) is 6.47 Å². The summed E-state index contributed by atoms with van der Waals surface area (Å²) < 4.78 is 0. The Kier molecular flexibility index (Phi) is 7.17. The van der Waals surface area contributed by atoms with Gasteiger partial charge >= 0.3 is 0 Å². The van der Waals surface area contributed by atoms with E-state index in [1.807, 2.05) is 6.92 Å². The summed E-state index contributed by atoms with van der Waals surface area (Å²) >= 11 is 1.72. The van der Waals surface area contributed by atoms with E-state index in [1.165, 1.54) is 5.01 Å². The fourth-order valence-corrected chi connectivity index (χ4v) is 3.07. The third-order valence-electron chi connectivity index (χ3n) is 3.15. The molecule has 112 valence electrons. The van der Waals surface area contributed by atoms with Gasteiger partial charge in [-0.1, -0.05) is 0 Å². The molecule has 0 spiro atoms. The zero-order valence-electron chi connectivity index (χ0n) is 11.8. The quantitative estimate of drug-likeness (QED) is 0.814. The number of carboxylic acid groups (broad SMARTS) is 1. The van der Waals surface area contributed by atoms with Crippen molar-refractivity contribution in [2.75, 3.05) is 20.1 Å². The van der Waals surface area contributed by atoms with Gasteiger partial charge < -0.3 is 10.4 Å². The molecule has 2 N–H and O–H groups in total. The molecule has 1 atom stereocenters. The number of nitrogens with one attached hydrogen (secondary N) is 1. The molecule has 1 saturated heterocycles. The van der Waals surface area contributed by atoms with Gasteiger partial charge in [-0.3, -0.25) is 14.5 Å². The third kappa shape index (κ3) is 5.66. The fourth-order valence-electron chi connectivity index (χ4n) is 2.25. The maximum absolute atomic E-state index is 11.3. The SMILES string of the molecule is CNC(=O)CC1CCN(Cc2nc(C)cs2)C1.O=CO. The Morgan fingerprint density at radius 2 is 2.40 bits per heavy atom. The topological polar surface area (TPSA) is 82.5 Å². The lowest BCUT2D eigenvalue weighted by Gasteiger charge is -2.13. The minimum absolute atomic E-state index is 0.155. The van der Waals surface area contributed by atoms with E-state index >= 15 is 0 Å². The lowest BCUT2D eigenvalue weighted by molar-refractivity contribution is -0.123. The van der Waals surface area contributed by atoms with Crippen molar-refractivity contribution in [3.05, 3.63) is 16.1 Å². The first-order chi connectivity index (χ1) is 9.58. The highest BCUT2D eigenvalue weighted by Gasteiger charge is 2.24. The number of aromatic nitrogens is 1. The van der Waals surface area contributed by atoms with Gasteiger partial charge in [0.2, 0.25) is 5.91 Å². The van der Waals surface area contributed by atoms with Gasteiger partial charge in [-0.05, 0) is 25.8 Å². The van der Waals surface area contributed by atoms with Crippen LogP contribution < -0.4 is 5.32 Å². The monoisotopic (exact) mass is 299 g/mol. The molecule has 1 amide bonds. The summed E-state index contributed by atoms with van der Waals surface area (Å²) in [6.07, 6.45) is 1.78. The van der Waals surface area contributed by atoms with Crippen molar-refractivity contribution in [3.63, 3.8) is 0 Å². The highest BCUT2D eigenvalue weighted by Crippen LogP contribution is 2.22. The Morgan fingerprint density at radius 1 is 1.70 bits per heavy atom. The standard InChI is InChI=1S/C12H19N3OS.CH2O2/c1-9-8-17-12(14-9)7-15-4-3-10(6-15)5-11(16)13-2;2-1-3/h8,10H,3-7H2,1-2H3,(H,13,16);1H,(H,2,3). The van der Waals surface area contributed by atoms with Crippen LogP contribution in [0, 0.1) is 12.8 Å². The van der Waals surface area contributed by atoms with E-state index in [0.29, 0.717) is 12.3 Å². The van der Waals surface area contributed by atoms with Gasteiger partial charge in [0.1, 0.15) is 5.01 Å². The number of nitrogens with zero attached hydrogens (tertiary/aromatic N) is 2. The minimum Gasteiger partial charge on any atom is -0.483 e. The molecular weight excluding hydrogens is 278 g/mol. The summed E-state index contributed by atoms with van der Waals surface area (Å²) in [4.78, 5) is 26.5. The van der Waals surface area contributed by atoms with Crippen LogP contribution in [0.1, 0.15) is 23.5 Å². The molecule has 7 heteroatoms. The zero-order valence-corrected chi connectivity index (χ0v) is 12.7. The van der Waals surface area contributed by atoms with Crippen molar-refractivity contribution in [2.24, 2.45) is 5.92 Å². The number of likely N-dealkylation sites (tertiary alicyclic amines) is 1. The lowest BCUT2D eigenvalue weighted by Crippen LogP contribution is -2.24. The lowest BCUT2D eigenvalue weighted by atomic mass is 10.1. The van der Waals surface area contributed by atoms with Crippen molar-refractivity contribution in [1.82, 2.24) is 15.2 Å². The molecule has 0 aliphatic carbocycles. The van der Waals surface area contributed by atoms with Gasteiger partial charge in [-0.25, -0.2) is 4.98 Å². The number of aryl methyl sites for hydroxylation is 1. The van der Waals surface area contributed by atoms with Crippen molar-refractivity contribution in [2.45, 2.75) is 26.3 Å².